The highest BCUT2D eigenvalue weighted by molar-refractivity contribution is 6.42. The summed E-state index contributed by atoms with van der Waals surface area (Å²) in [4.78, 5) is 19.9. The van der Waals surface area contributed by atoms with Gasteiger partial charge < -0.3 is 10.6 Å². The SMILES string of the molecule is C=CC(=O)Nc1ccc(Nc2cc(Cl)c(Cl)cn2)c(-c2ccncc2)c1. The fourth-order valence-corrected chi connectivity index (χ4v) is 2.57. The molecule has 26 heavy (non-hydrogen) atoms. The lowest BCUT2D eigenvalue weighted by atomic mass is 10.0. The van der Waals surface area contributed by atoms with Crippen LogP contribution >= 0.6 is 23.2 Å². The first-order chi connectivity index (χ1) is 12.6. The van der Waals surface area contributed by atoms with Gasteiger partial charge in [0, 0.05) is 41.6 Å². The summed E-state index contributed by atoms with van der Waals surface area (Å²) in [6, 6.07) is 10.9. The number of amides is 1. The zero-order chi connectivity index (χ0) is 18.5. The van der Waals surface area contributed by atoms with E-state index < -0.39 is 0 Å². The summed E-state index contributed by atoms with van der Waals surface area (Å²) in [7, 11) is 0. The predicted octanol–water partition coefficient (Wildman–Crippen LogP) is 5.32. The van der Waals surface area contributed by atoms with Crippen molar-refractivity contribution in [2.45, 2.75) is 0 Å². The van der Waals surface area contributed by atoms with Crippen molar-refractivity contribution >= 4 is 46.3 Å². The zero-order valence-electron chi connectivity index (χ0n) is 13.5. The molecule has 1 aromatic carbocycles. The van der Waals surface area contributed by atoms with Crippen LogP contribution in [-0.2, 0) is 4.79 Å². The molecule has 0 spiro atoms. The van der Waals surface area contributed by atoms with Crippen molar-refractivity contribution in [2.75, 3.05) is 10.6 Å². The summed E-state index contributed by atoms with van der Waals surface area (Å²) < 4.78 is 0. The van der Waals surface area contributed by atoms with Gasteiger partial charge in [-0.05, 0) is 42.0 Å². The van der Waals surface area contributed by atoms with Crippen LogP contribution in [0.15, 0.2) is 67.6 Å². The van der Waals surface area contributed by atoms with Gasteiger partial charge in [-0.15, -0.1) is 0 Å². The third kappa shape index (κ3) is 4.20. The molecule has 3 aromatic rings. The highest BCUT2D eigenvalue weighted by Crippen LogP contribution is 2.33. The van der Waals surface area contributed by atoms with Gasteiger partial charge in [-0.1, -0.05) is 29.8 Å². The van der Waals surface area contributed by atoms with Gasteiger partial charge in [-0.2, -0.15) is 0 Å². The summed E-state index contributed by atoms with van der Waals surface area (Å²) in [5.74, 6) is 0.273. The molecule has 0 saturated carbocycles. The fourth-order valence-electron chi connectivity index (χ4n) is 2.32. The Kier molecular flexibility index (Phi) is 5.51. The first-order valence-corrected chi connectivity index (χ1v) is 8.38. The van der Waals surface area contributed by atoms with Crippen molar-refractivity contribution in [2.24, 2.45) is 0 Å². The lowest BCUT2D eigenvalue weighted by molar-refractivity contribution is -0.111. The van der Waals surface area contributed by atoms with E-state index in [9.17, 15) is 4.79 Å². The van der Waals surface area contributed by atoms with Crippen molar-refractivity contribution in [1.29, 1.82) is 0 Å². The minimum absolute atomic E-state index is 0.280. The van der Waals surface area contributed by atoms with Crippen molar-refractivity contribution in [1.82, 2.24) is 9.97 Å². The van der Waals surface area contributed by atoms with Gasteiger partial charge in [-0.25, -0.2) is 4.98 Å². The maximum atomic E-state index is 11.6. The van der Waals surface area contributed by atoms with E-state index in [0.717, 1.165) is 16.8 Å². The van der Waals surface area contributed by atoms with Crippen LogP contribution in [0.25, 0.3) is 11.1 Å². The molecule has 0 aliphatic heterocycles. The number of aromatic nitrogens is 2. The van der Waals surface area contributed by atoms with E-state index in [1.54, 1.807) is 24.5 Å². The maximum Gasteiger partial charge on any atom is 0.247 e. The van der Waals surface area contributed by atoms with E-state index in [-0.39, 0.29) is 5.91 Å². The van der Waals surface area contributed by atoms with Gasteiger partial charge in [0.25, 0.3) is 0 Å². The fraction of sp³-hybridized carbons (Fsp3) is 0. The Bertz CT molecular complexity index is 961. The smallest absolute Gasteiger partial charge is 0.247 e. The van der Waals surface area contributed by atoms with Crippen LogP contribution < -0.4 is 10.6 Å². The van der Waals surface area contributed by atoms with Gasteiger partial charge in [0.2, 0.25) is 5.91 Å². The molecule has 7 heteroatoms. The quantitative estimate of drug-likeness (QED) is 0.584. The van der Waals surface area contributed by atoms with Gasteiger partial charge in [0.1, 0.15) is 5.82 Å². The first kappa shape index (κ1) is 17.9. The molecule has 2 aromatic heterocycles. The van der Waals surface area contributed by atoms with Crippen molar-refractivity contribution < 1.29 is 4.79 Å². The van der Waals surface area contributed by atoms with Crippen molar-refractivity contribution in [3.63, 3.8) is 0 Å². The number of rotatable bonds is 5. The Morgan fingerprint density at radius 3 is 2.54 bits per heavy atom. The molecule has 0 saturated heterocycles. The average Bonchev–Trinajstić information content (AvgIpc) is 2.66. The molecule has 5 nitrogen and oxygen atoms in total. The highest BCUT2D eigenvalue weighted by atomic mass is 35.5. The van der Waals surface area contributed by atoms with Crippen LogP contribution in [0, 0.1) is 0 Å². The number of nitrogens with one attached hydrogen (secondary N) is 2. The normalized spacial score (nSPS) is 10.2. The molecule has 0 aliphatic carbocycles. The lowest BCUT2D eigenvalue weighted by Crippen LogP contribution is -2.07. The van der Waals surface area contributed by atoms with Crippen LogP contribution in [0.5, 0.6) is 0 Å². The Hall–Kier alpha value is -2.89. The van der Waals surface area contributed by atoms with Crippen LogP contribution in [0.1, 0.15) is 0 Å². The number of benzene rings is 1. The Morgan fingerprint density at radius 2 is 1.85 bits per heavy atom. The third-order valence-electron chi connectivity index (χ3n) is 3.54. The number of halogens is 2. The molecule has 0 aliphatic rings. The lowest BCUT2D eigenvalue weighted by Gasteiger charge is -2.14. The summed E-state index contributed by atoms with van der Waals surface area (Å²) in [6.07, 6.45) is 6.10. The van der Waals surface area contributed by atoms with Crippen LogP contribution in [0.3, 0.4) is 0 Å². The molecule has 1 amide bonds. The monoisotopic (exact) mass is 384 g/mol. The Balaban J connectivity index is 2.01. The van der Waals surface area contributed by atoms with Gasteiger partial charge >= 0.3 is 0 Å². The number of hydrogen-bond donors (Lipinski definition) is 2. The second kappa shape index (κ2) is 7.99. The van der Waals surface area contributed by atoms with E-state index in [2.05, 4.69) is 27.2 Å². The molecule has 0 bridgehead atoms. The van der Waals surface area contributed by atoms with Crippen LogP contribution in [0.2, 0.25) is 10.0 Å². The summed E-state index contributed by atoms with van der Waals surface area (Å²) >= 11 is 12.0. The number of anilines is 3. The van der Waals surface area contributed by atoms with Gasteiger partial charge in [0.05, 0.1) is 10.0 Å². The molecular formula is C19H14Cl2N4O. The molecule has 2 heterocycles. The molecule has 0 fully saturated rings. The molecule has 0 atom stereocenters. The van der Waals surface area contributed by atoms with Gasteiger partial charge in [0.15, 0.2) is 0 Å². The number of carbonyl (C=O) groups is 1. The Morgan fingerprint density at radius 1 is 1.08 bits per heavy atom. The second-order valence-corrected chi connectivity index (χ2v) is 6.11. The molecular weight excluding hydrogens is 371 g/mol. The summed E-state index contributed by atoms with van der Waals surface area (Å²) in [5, 5.41) is 6.77. The third-order valence-corrected chi connectivity index (χ3v) is 4.25. The number of carbonyl (C=O) groups excluding carboxylic acids is 1. The summed E-state index contributed by atoms with van der Waals surface area (Å²) in [6.45, 7) is 3.46. The van der Waals surface area contributed by atoms with Crippen molar-refractivity contribution in [3.8, 4) is 11.1 Å². The molecule has 0 unspecified atom stereocenters. The number of hydrogen-bond acceptors (Lipinski definition) is 4. The van der Waals surface area contributed by atoms with E-state index in [1.807, 2.05) is 24.3 Å². The topological polar surface area (TPSA) is 66.9 Å². The largest absolute Gasteiger partial charge is 0.340 e. The average molecular weight is 385 g/mol. The summed E-state index contributed by atoms with van der Waals surface area (Å²) in [5.41, 5.74) is 3.23. The minimum Gasteiger partial charge on any atom is -0.340 e. The van der Waals surface area contributed by atoms with Crippen LogP contribution in [0.4, 0.5) is 17.2 Å². The molecule has 3 rings (SSSR count). The predicted molar refractivity (Wildman–Crippen MR) is 106 cm³/mol. The van der Waals surface area contributed by atoms with E-state index in [1.165, 1.54) is 12.3 Å². The van der Waals surface area contributed by atoms with E-state index in [0.29, 0.717) is 21.6 Å². The van der Waals surface area contributed by atoms with Crippen molar-refractivity contribution in [3.05, 3.63) is 77.7 Å². The molecule has 130 valence electrons. The Labute approximate surface area is 160 Å². The maximum absolute atomic E-state index is 11.6. The molecule has 0 radical (unpaired) electrons. The van der Waals surface area contributed by atoms with E-state index >= 15 is 0 Å². The van der Waals surface area contributed by atoms with Gasteiger partial charge in [-0.3, -0.25) is 9.78 Å². The number of nitrogens with zero attached hydrogens (tertiary/aromatic N) is 2. The second-order valence-electron chi connectivity index (χ2n) is 5.30. The highest BCUT2D eigenvalue weighted by Gasteiger charge is 2.10. The standard InChI is InChI=1S/C19H14Cl2N4O/c1-2-19(26)24-13-3-4-17(14(9-13)12-5-7-22-8-6-12)25-18-10-15(20)16(21)11-23-18/h2-11H,1H2,(H,23,25)(H,24,26). The van der Waals surface area contributed by atoms with E-state index in [4.69, 9.17) is 23.2 Å². The molecule has 2 N–H and O–H groups in total. The zero-order valence-corrected chi connectivity index (χ0v) is 15.1. The first-order valence-electron chi connectivity index (χ1n) is 7.63. The van der Waals surface area contributed by atoms with Crippen LogP contribution in [-0.4, -0.2) is 15.9 Å². The minimum atomic E-state index is -0.280. The number of pyridine rings is 2.